The van der Waals surface area contributed by atoms with Crippen LogP contribution in [-0.2, 0) is 11.3 Å². The molecule has 3 rings (SSSR count). The predicted molar refractivity (Wildman–Crippen MR) is 101 cm³/mol. The first-order chi connectivity index (χ1) is 11.5. The first-order valence-electron chi connectivity index (χ1n) is 6.75. The number of hydrogen-bond acceptors (Lipinski definition) is 5. The molecule has 0 spiro atoms. The van der Waals surface area contributed by atoms with Crippen LogP contribution in [0, 0.1) is 0 Å². The van der Waals surface area contributed by atoms with Crippen LogP contribution < -0.4 is 11.0 Å². The maximum absolute atomic E-state index is 12.3. The summed E-state index contributed by atoms with van der Waals surface area (Å²) in [6.07, 6.45) is 2.90. The number of para-hydroxylation sites is 1. The van der Waals surface area contributed by atoms with Crippen LogP contribution in [0.4, 0.5) is 0 Å². The van der Waals surface area contributed by atoms with Crippen LogP contribution in [0.15, 0.2) is 54.8 Å². The summed E-state index contributed by atoms with van der Waals surface area (Å²) in [7, 11) is 0. The molecule has 3 aromatic rings. The third kappa shape index (κ3) is 3.80. The van der Waals surface area contributed by atoms with Gasteiger partial charge in [0, 0.05) is 9.35 Å². The number of thiophene rings is 1. The van der Waals surface area contributed by atoms with Gasteiger partial charge in [-0.15, -0.1) is 11.3 Å². The molecule has 9 heteroatoms. The van der Waals surface area contributed by atoms with Gasteiger partial charge in [0.15, 0.2) is 0 Å². The highest BCUT2D eigenvalue weighted by molar-refractivity contribution is 9.13. The molecule has 24 heavy (non-hydrogen) atoms. The fourth-order valence-electron chi connectivity index (χ4n) is 2.00. The van der Waals surface area contributed by atoms with Gasteiger partial charge in [-0.05, 0) is 50.1 Å². The van der Waals surface area contributed by atoms with Crippen molar-refractivity contribution in [2.45, 2.75) is 6.54 Å². The second-order valence-corrected chi connectivity index (χ2v) is 8.01. The van der Waals surface area contributed by atoms with Crippen molar-refractivity contribution >= 4 is 66.2 Å². The highest BCUT2D eigenvalue weighted by atomic mass is 79.9. The van der Waals surface area contributed by atoms with Gasteiger partial charge in [0.1, 0.15) is 6.54 Å². The van der Waals surface area contributed by atoms with Crippen molar-refractivity contribution in [2.75, 3.05) is 0 Å². The van der Waals surface area contributed by atoms with E-state index in [2.05, 4.69) is 47.4 Å². The van der Waals surface area contributed by atoms with Crippen molar-refractivity contribution in [3.8, 4) is 0 Å². The number of nitrogens with one attached hydrogen (secondary N) is 1. The molecule has 0 fully saturated rings. The first-order valence-corrected chi connectivity index (χ1v) is 9.16. The molecule has 0 saturated heterocycles. The van der Waals surface area contributed by atoms with E-state index < -0.39 is 5.91 Å². The number of nitrogens with zero attached hydrogens (tertiary/aromatic N) is 3. The molecule has 0 unspecified atom stereocenters. The van der Waals surface area contributed by atoms with Crippen LogP contribution in [0.5, 0.6) is 0 Å². The lowest BCUT2D eigenvalue weighted by molar-refractivity contribution is -0.121. The van der Waals surface area contributed by atoms with Crippen molar-refractivity contribution in [1.29, 1.82) is 0 Å². The normalized spacial score (nSPS) is 11.2. The van der Waals surface area contributed by atoms with Gasteiger partial charge in [0.05, 0.1) is 27.2 Å². The summed E-state index contributed by atoms with van der Waals surface area (Å²) in [5.74, 6) is -0.403. The predicted octanol–water partition coefficient (Wildman–Crippen LogP) is 3.13. The molecular formula is C15H10Br2N4O2S. The van der Waals surface area contributed by atoms with E-state index in [9.17, 15) is 9.59 Å². The molecule has 122 valence electrons. The lowest BCUT2D eigenvalue weighted by atomic mass is 10.2. The van der Waals surface area contributed by atoms with E-state index >= 15 is 0 Å². The Bertz CT molecular complexity index is 977. The average Bonchev–Trinajstić information content (AvgIpc) is 2.88. The third-order valence-corrected chi connectivity index (χ3v) is 6.28. The smallest absolute Gasteiger partial charge is 0.261 e. The Morgan fingerprint density at radius 2 is 2.17 bits per heavy atom. The molecule has 0 aliphatic rings. The van der Waals surface area contributed by atoms with Gasteiger partial charge in [-0.3, -0.25) is 14.2 Å². The summed E-state index contributed by atoms with van der Waals surface area (Å²) >= 11 is 8.24. The molecule has 1 aromatic carbocycles. The van der Waals surface area contributed by atoms with Gasteiger partial charge >= 0.3 is 0 Å². The molecular weight excluding hydrogens is 460 g/mol. The number of fused-ring (bicyclic) bond motifs is 1. The summed E-state index contributed by atoms with van der Waals surface area (Å²) in [5.41, 5.74) is 2.75. The summed E-state index contributed by atoms with van der Waals surface area (Å²) in [6.45, 7) is -0.147. The maximum atomic E-state index is 12.3. The highest BCUT2D eigenvalue weighted by Crippen LogP contribution is 2.31. The summed E-state index contributed by atoms with van der Waals surface area (Å²) in [4.78, 5) is 29.3. The first kappa shape index (κ1) is 17.0. The molecule has 1 N–H and O–H groups in total. The number of halogens is 2. The topological polar surface area (TPSA) is 76.3 Å². The van der Waals surface area contributed by atoms with Gasteiger partial charge in [0.25, 0.3) is 11.5 Å². The van der Waals surface area contributed by atoms with E-state index in [1.807, 2.05) is 12.1 Å². The molecule has 2 heterocycles. The second-order valence-electron chi connectivity index (χ2n) is 4.76. The van der Waals surface area contributed by atoms with Crippen molar-refractivity contribution < 1.29 is 4.79 Å². The zero-order valence-electron chi connectivity index (χ0n) is 12.1. The van der Waals surface area contributed by atoms with E-state index in [0.29, 0.717) is 10.9 Å². The average molecular weight is 470 g/mol. The molecule has 0 aliphatic heterocycles. The van der Waals surface area contributed by atoms with Crippen LogP contribution in [-0.4, -0.2) is 21.7 Å². The van der Waals surface area contributed by atoms with E-state index in [0.717, 1.165) is 13.1 Å². The van der Waals surface area contributed by atoms with Crippen molar-refractivity contribution in [2.24, 2.45) is 5.10 Å². The van der Waals surface area contributed by atoms with Crippen LogP contribution in [0.1, 0.15) is 4.88 Å². The Morgan fingerprint density at radius 3 is 2.92 bits per heavy atom. The number of rotatable bonds is 4. The van der Waals surface area contributed by atoms with Gasteiger partial charge in [-0.1, -0.05) is 12.1 Å². The number of carbonyl (C=O) groups excluding carboxylic acids is 1. The number of carbonyl (C=O) groups is 1. The van der Waals surface area contributed by atoms with Gasteiger partial charge in [-0.2, -0.15) is 5.10 Å². The fourth-order valence-corrected chi connectivity index (χ4v) is 3.97. The number of benzene rings is 1. The Balaban J connectivity index is 1.69. The quantitative estimate of drug-likeness (QED) is 0.471. The number of amides is 1. The molecule has 0 atom stereocenters. The minimum absolute atomic E-state index is 0.147. The lowest BCUT2D eigenvalue weighted by Crippen LogP contribution is -2.30. The van der Waals surface area contributed by atoms with Crippen LogP contribution in [0.2, 0.25) is 0 Å². The minimum Gasteiger partial charge on any atom is -0.289 e. The maximum Gasteiger partial charge on any atom is 0.261 e. The Labute approximate surface area is 157 Å². The molecule has 0 bridgehead atoms. The van der Waals surface area contributed by atoms with Crippen molar-refractivity contribution in [3.63, 3.8) is 0 Å². The summed E-state index contributed by atoms with van der Waals surface area (Å²) in [6, 6.07) is 8.88. The van der Waals surface area contributed by atoms with Gasteiger partial charge < -0.3 is 0 Å². The SMILES string of the molecule is O=C(Cn1cnc2ccccc2c1=O)N/N=C/c1cc(Br)c(Br)s1. The van der Waals surface area contributed by atoms with Crippen molar-refractivity contribution in [1.82, 2.24) is 15.0 Å². The lowest BCUT2D eigenvalue weighted by Gasteiger charge is -2.05. The summed E-state index contributed by atoms with van der Waals surface area (Å²) < 4.78 is 3.13. The minimum atomic E-state index is -0.403. The van der Waals surface area contributed by atoms with E-state index in [-0.39, 0.29) is 12.1 Å². The number of hydrazone groups is 1. The number of hydrogen-bond donors (Lipinski definition) is 1. The van der Waals surface area contributed by atoms with Crippen molar-refractivity contribution in [3.05, 3.63) is 60.1 Å². The Morgan fingerprint density at radius 1 is 1.38 bits per heavy atom. The third-order valence-electron chi connectivity index (χ3n) is 3.09. The molecule has 0 saturated carbocycles. The van der Waals surface area contributed by atoms with E-state index in [1.165, 1.54) is 22.2 Å². The van der Waals surface area contributed by atoms with Gasteiger partial charge in [0.2, 0.25) is 0 Å². The fraction of sp³-hybridized carbons (Fsp3) is 0.0667. The molecule has 1 amide bonds. The molecule has 6 nitrogen and oxygen atoms in total. The molecule has 0 radical (unpaired) electrons. The van der Waals surface area contributed by atoms with E-state index in [1.54, 1.807) is 24.4 Å². The monoisotopic (exact) mass is 468 g/mol. The second kappa shape index (κ2) is 7.37. The van der Waals surface area contributed by atoms with Crippen LogP contribution >= 0.6 is 43.2 Å². The Kier molecular flexibility index (Phi) is 5.22. The number of aromatic nitrogens is 2. The highest BCUT2D eigenvalue weighted by Gasteiger charge is 2.07. The zero-order valence-corrected chi connectivity index (χ0v) is 16.1. The Hall–Kier alpha value is -1.84. The standard InChI is InChI=1S/C15H10Br2N4O2S/c16-11-5-9(24-14(11)17)6-19-20-13(22)7-21-8-18-12-4-2-1-3-10(12)15(21)23/h1-6,8H,7H2,(H,20,22)/b19-6+. The zero-order chi connectivity index (χ0) is 17.1. The van der Waals surface area contributed by atoms with E-state index in [4.69, 9.17) is 0 Å². The van der Waals surface area contributed by atoms with Gasteiger partial charge in [-0.25, -0.2) is 10.4 Å². The molecule has 2 aromatic heterocycles. The molecule has 0 aliphatic carbocycles. The largest absolute Gasteiger partial charge is 0.289 e. The summed E-state index contributed by atoms with van der Waals surface area (Å²) in [5, 5.41) is 4.37. The van der Waals surface area contributed by atoms with Crippen LogP contribution in [0.25, 0.3) is 10.9 Å². The van der Waals surface area contributed by atoms with Crippen LogP contribution in [0.3, 0.4) is 0 Å².